The highest BCUT2D eigenvalue weighted by molar-refractivity contribution is 14.0. The van der Waals surface area contributed by atoms with Gasteiger partial charge < -0.3 is 14.7 Å². The van der Waals surface area contributed by atoms with Gasteiger partial charge in [-0.2, -0.15) is 0 Å². The Balaban J connectivity index is 0.00000300. The zero-order valence-corrected chi connectivity index (χ0v) is 20.6. The molecule has 0 bridgehead atoms. The third-order valence-corrected chi connectivity index (χ3v) is 7.46. The van der Waals surface area contributed by atoms with Crippen molar-refractivity contribution in [3.63, 3.8) is 0 Å². The molecule has 1 saturated heterocycles. The average Bonchev–Trinajstić information content (AvgIpc) is 3.35. The summed E-state index contributed by atoms with van der Waals surface area (Å²) in [4.78, 5) is 8.77. The van der Waals surface area contributed by atoms with Crippen molar-refractivity contribution in [1.82, 2.24) is 25.0 Å². The van der Waals surface area contributed by atoms with Crippen LogP contribution in [0.3, 0.4) is 0 Å². The summed E-state index contributed by atoms with van der Waals surface area (Å²) in [5.41, 5.74) is 0.926. The standard InChI is InChI=1S/C16H23ClN6O3S2.HI/c1-18-16(19-5-6-20-28(24,25)15-3-2-14(17)27-15)23-9-7-22(8-10-23)12-13-4-11-26-21-13;/h2-4,11,20H,5-10,12H2,1H3,(H,18,19);1H. The molecular weight excluding hydrogens is 551 g/mol. The molecule has 0 aliphatic carbocycles. The highest BCUT2D eigenvalue weighted by Gasteiger charge is 2.20. The van der Waals surface area contributed by atoms with E-state index in [1.54, 1.807) is 19.4 Å². The molecule has 2 aromatic heterocycles. The van der Waals surface area contributed by atoms with Crippen molar-refractivity contribution in [2.24, 2.45) is 4.99 Å². The van der Waals surface area contributed by atoms with E-state index in [1.807, 2.05) is 6.07 Å². The van der Waals surface area contributed by atoms with Crippen molar-refractivity contribution in [3.8, 4) is 0 Å². The predicted molar refractivity (Wildman–Crippen MR) is 125 cm³/mol. The van der Waals surface area contributed by atoms with Crippen molar-refractivity contribution >= 4 is 62.9 Å². The van der Waals surface area contributed by atoms with Crippen molar-refractivity contribution in [2.75, 3.05) is 46.3 Å². The number of hydrogen-bond acceptors (Lipinski definition) is 7. The molecule has 0 aromatic carbocycles. The van der Waals surface area contributed by atoms with Gasteiger partial charge in [0, 0.05) is 58.9 Å². The number of guanidine groups is 1. The zero-order valence-electron chi connectivity index (χ0n) is 15.9. The number of piperazine rings is 1. The fraction of sp³-hybridized carbons (Fsp3) is 0.500. The van der Waals surface area contributed by atoms with Crippen LogP contribution in [0.15, 0.2) is 38.2 Å². The number of aliphatic imine (C=N–C) groups is 1. The summed E-state index contributed by atoms with van der Waals surface area (Å²) in [5.74, 6) is 0.763. The van der Waals surface area contributed by atoms with E-state index in [4.69, 9.17) is 16.1 Å². The van der Waals surface area contributed by atoms with E-state index in [-0.39, 0.29) is 34.7 Å². The Morgan fingerprint density at radius 1 is 1.28 bits per heavy atom. The van der Waals surface area contributed by atoms with E-state index < -0.39 is 10.0 Å². The van der Waals surface area contributed by atoms with Crippen LogP contribution >= 0.6 is 46.9 Å². The Morgan fingerprint density at radius 3 is 2.62 bits per heavy atom. The third-order valence-electron chi connectivity index (χ3n) is 4.27. The van der Waals surface area contributed by atoms with Gasteiger partial charge in [0.25, 0.3) is 0 Å². The van der Waals surface area contributed by atoms with E-state index in [9.17, 15) is 8.42 Å². The smallest absolute Gasteiger partial charge is 0.250 e. The van der Waals surface area contributed by atoms with Crippen LogP contribution in [0.1, 0.15) is 5.69 Å². The minimum atomic E-state index is -3.53. The van der Waals surface area contributed by atoms with Gasteiger partial charge in [-0.1, -0.05) is 16.8 Å². The maximum atomic E-state index is 12.2. The Labute approximate surface area is 196 Å². The molecule has 3 rings (SSSR count). The highest BCUT2D eigenvalue weighted by atomic mass is 127. The van der Waals surface area contributed by atoms with Gasteiger partial charge >= 0.3 is 0 Å². The second-order valence-corrected chi connectivity index (χ2v) is 9.89. The molecule has 0 spiro atoms. The molecular formula is C16H24ClIN6O3S2. The summed E-state index contributed by atoms with van der Waals surface area (Å²) >= 11 is 6.84. The lowest BCUT2D eigenvalue weighted by Crippen LogP contribution is -2.53. The maximum absolute atomic E-state index is 12.2. The summed E-state index contributed by atoms with van der Waals surface area (Å²) in [6.07, 6.45) is 1.58. The number of hydrogen-bond donors (Lipinski definition) is 2. The van der Waals surface area contributed by atoms with Crippen LogP contribution in [0.25, 0.3) is 0 Å². The van der Waals surface area contributed by atoms with Crippen molar-refractivity contribution < 1.29 is 12.9 Å². The summed E-state index contributed by atoms with van der Waals surface area (Å²) in [6.45, 7) is 4.89. The van der Waals surface area contributed by atoms with Gasteiger partial charge in [-0.25, -0.2) is 13.1 Å². The molecule has 1 aliphatic heterocycles. The third kappa shape index (κ3) is 7.07. The fourth-order valence-electron chi connectivity index (χ4n) is 2.87. The zero-order chi connectivity index (χ0) is 20.0. The Hall–Kier alpha value is -0.930. The van der Waals surface area contributed by atoms with E-state index in [1.165, 1.54) is 6.07 Å². The van der Waals surface area contributed by atoms with Crippen LogP contribution in [-0.4, -0.2) is 75.7 Å². The largest absolute Gasteiger partial charge is 0.364 e. The normalized spacial score (nSPS) is 15.9. The van der Waals surface area contributed by atoms with Crippen LogP contribution in [0.2, 0.25) is 4.34 Å². The molecule has 0 amide bonds. The topological polar surface area (TPSA) is 103 Å². The molecule has 0 atom stereocenters. The van der Waals surface area contributed by atoms with Crippen molar-refractivity contribution in [3.05, 3.63) is 34.5 Å². The molecule has 162 valence electrons. The van der Waals surface area contributed by atoms with Gasteiger partial charge in [0.15, 0.2) is 5.96 Å². The van der Waals surface area contributed by atoms with Gasteiger partial charge in [0.05, 0.1) is 10.0 Å². The second-order valence-electron chi connectivity index (χ2n) is 6.18. The second kappa shape index (κ2) is 11.5. The Bertz CT molecular complexity index is 882. The molecule has 0 unspecified atom stereocenters. The van der Waals surface area contributed by atoms with E-state index in [0.29, 0.717) is 10.9 Å². The molecule has 9 nitrogen and oxygen atoms in total. The van der Waals surface area contributed by atoms with E-state index >= 15 is 0 Å². The molecule has 29 heavy (non-hydrogen) atoms. The number of aromatic nitrogens is 1. The minimum absolute atomic E-state index is 0. The first-order valence-electron chi connectivity index (χ1n) is 8.80. The average molecular weight is 575 g/mol. The molecule has 3 heterocycles. The lowest BCUT2D eigenvalue weighted by molar-refractivity contribution is 0.169. The number of nitrogens with zero attached hydrogens (tertiary/aromatic N) is 4. The molecule has 13 heteroatoms. The molecule has 0 radical (unpaired) electrons. The summed E-state index contributed by atoms with van der Waals surface area (Å²) in [5, 5.41) is 7.15. The lowest BCUT2D eigenvalue weighted by atomic mass is 10.3. The molecule has 0 saturated carbocycles. The first-order chi connectivity index (χ1) is 13.5. The van der Waals surface area contributed by atoms with Gasteiger partial charge in [-0.05, 0) is 12.1 Å². The van der Waals surface area contributed by atoms with E-state index in [2.05, 4.69) is 30.0 Å². The number of halogens is 2. The van der Waals surface area contributed by atoms with Gasteiger partial charge in [0.2, 0.25) is 10.0 Å². The first kappa shape index (κ1) is 24.3. The Kier molecular flexibility index (Phi) is 9.62. The van der Waals surface area contributed by atoms with Gasteiger partial charge in [0.1, 0.15) is 10.5 Å². The quantitative estimate of drug-likeness (QED) is 0.225. The summed E-state index contributed by atoms with van der Waals surface area (Å²) < 4.78 is 32.5. The Morgan fingerprint density at radius 2 is 2.03 bits per heavy atom. The van der Waals surface area contributed by atoms with Gasteiger partial charge in [-0.15, -0.1) is 35.3 Å². The number of thiophene rings is 1. The van der Waals surface area contributed by atoms with Crippen molar-refractivity contribution in [1.29, 1.82) is 0 Å². The molecule has 1 fully saturated rings. The lowest BCUT2D eigenvalue weighted by Gasteiger charge is -2.36. The maximum Gasteiger partial charge on any atom is 0.250 e. The van der Waals surface area contributed by atoms with Crippen LogP contribution in [-0.2, 0) is 16.6 Å². The highest BCUT2D eigenvalue weighted by Crippen LogP contribution is 2.25. The molecule has 2 N–H and O–H groups in total. The SMILES string of the molecule is CN=C(NCCNS(=O)(=O)c1ccc(Cl)s1)N1CCN(Cc2ccon2)CC1.I. The van der Waals surface area contributed by atoms with Crippen LogP contribution in [0.4, 0.5) is 0 Å². The van der Waals surface area contributed by atoms with Crippen LogP contribution < -0.4 is 10.0 Å². The van der Waals surface area contributed by atoms with E-state index in [0.717, 1.165) is 55.7 Å². The first-order valence-corrected chi connectivity index (χ1v) is 11.5. The van der Waals surface area contributed by atoms with Gasteiger partial charge in [-0.3, -0.25) is 9.89 Å². The monoisotopic (exact) mass is 574 g/mol. The van der Waals surface area contributed by atoms with Crippen LogP contribution in [0, 0.1) is 0 Å². The van der Waals surface area contributed by atoms with Crippen LogP contribution in [0.5, 0.6) is 0 Å². The number of nitrogens with one attached hydrogen (secondary N) is 2. The predicted octanol–water partition coefficient (Wildman–Crippen LogP) is 1.68. The molecule has 2 aromatic rings. The summed E-state index contributed by atoms with van der Waals surface area (Å²) in [7, 11) is -1.81. The summed E-state index contributed by atoms with van der Waals surface area (Å²) in [6, 6.07) is 4.95. The number of sulfonamides is 1. The van der Waals surface area contributed by atoms with Crippen molar-refractivity contribution in [2.45, 2.75) is 10.8 Å². The minimum Gasteiger partial charge on any atom is -0.364 e. The fourth-order valence-corrected chi connectivity index (χ4v) is 5.43. The molecule has 1 aliphatic rings. The number of rotatable bonds is 7.